The van der Waals surface area contributed by atoms with Gasteiger partial charge in [-0.2, -0.15) is 0 Å². The summed E-state index contributed by atoms with van der Waals surface area (Å²) in [5.41, 5.74) is 2.85. The number of carbonyl (C=O) groups excluding carboxylic acids is 1. The zero-order chi connectivity index (χ0) is 20.9. The van der Waals surface area contributed by atoms with E-state index >= 15 is 0 Å². The molecule has 30 heavy (non-hydrogen) atoms. The maximum atomic E-state index is 12.7. The monoisotopic (exact) mass is 458 g/mol. The molecule has 0 bridgehead atoms. The number of thioether (sulfide) groups is 1. The van der Waals surface area contributed by atoms with Crippen molar-refractivity contribution >= 4 is 52.6 Å². The summed E-state index contributed by atoms with van der Waals surface area (Å²) >= 11 is 8.26. The van der Waals surface area contributed by atoms with Crippen LogP contribution in [0.4, 0.5) is 11.4 Å². The topological polar surface area (TPSA) is 59.4 Å². The molecule has 1 aromatic heterocycles. The van der Waals surface area contributed by atoms with E-state index in [0.29, 0.717) is 3.95 Å². The van der Waals surface area contributed by atoms with E-state index in [9.17, 15) is 4.79 Å². The molecule has 3 aromatic rings. The van der Waals surface area contributed by atoms with E-state index in [-0.39, 0.29) is 11.2 Å². The van der Waals surface area contributed by atoms with E-state index < -0.39 is 0 Å². The molecular formula is C21H22N4O2S3. The van der Waals surface area contributed by atoms with Crippen LogP contribution in [0.3, 0.4) is 0 Å². The van der Waals surface area contributed by atoms with Crippen molar-refractivity contribution in [2.45, 2.75) is 16.5 Å². The van der Waals surface area contributed by atoms with Crippen molar-refractivity contribution in [2.24, 2.45) is 0 Å². The molecule has 1 aliphatic heterocycles. The van der Waals surface area contributed by atoms with Crippen LogP contribution in [-0.4, -0.2) is 47.2 Å². The summed E-state index contributed by atoms with van der Waals surface area (Å²) in [5.74, 6) is -0.0634. The van der Waals surface area contributed by atoms with Crippen molar-refractivity contribution in [2.75, 3.05) is 36.5 Å². The number of anilines is 2. The van der Waals surface area contributed by atoms with Crippen LogP contribution in [0.25, 0.3) is 5.69 Å². The molecule has 1 saturated heterocycles. The second-order valence-electron chi connectivity index (χ2n) is 6.78. The van der Waals surface area contributed by atoms with Gasteiger partial charge in [0.25, 0.3) is 0 Å². The van der Waals surface area contributed by atoms with Crippen molar-refractivity contribution in [3.8, 4) is 5.69 Å². The molecular weight excluding hydrogens is 436 g/mol. The maximum Gasteiger partial charge on any atom is 0.237 e. The predicted octanol–water partition coefficient (Wildman–Crippen LogP) is 4.62. The van der Waals surface area contributed by atoms with Crippen molar-refractivity contribution < 1.29 is 9.53 Å². The number of benzene rings is 2. The minimum Gasteiger partial charge on any atom is -0.378 e. The normalized spacial score (nSPS) is 15.0. The lowest BCUT2D eigenvalue weighted by Crippen LogP contribution is -2.36. The number of rotatable bonds is 6. The molecule has 1 unspecified atom stereocenters. The first-order valence-corrected chi connectivity index (χ1v) is 11.8. The molecule has 1 aliphatic rings. The fourth-order valence-corrected chi connectivity index (χ4v) is 5.57. The van der Waals surface area contributed by atoms with Gasteiger partial charge in [0, 0.05) is 24.5 Å². The van der Waals surface area contributed by atoms with Crippen molar-refractivity contribution in [3.05, 3.63) is 58.6 Å². The molecule has 1 fully saturated rings. The molecule has 156 valence electrons. The number of carbonyl (C=O) groups is 1. The van der Waals surface area contributed by atoms with Crippen molar-refractivity contribution in [3.63, 3.8) is 0 Å². The number of ether oxygens (including phenoxy) is 1. The molecule has 0 aliphatic carbocycles. The van der Waals surface area contributed by atoms with Crippen LogP contribution in [-0.2, 0) is 9.53 Å². The average molecular weight is 459 g/mol. The predicted molar refractivity (Wildman–Crippen MR) is 126 cm³/mol. The van der Waals surface area contributed by atoms with Gasteiger partial charge in [0.05, 0.1) is 24.2 Å². The Morgan fingerprint density at radius 3 is 2.53 bits per heavy atom. The number of aromatic nitrogens is 2. The van der Waals surface area contributed by atoms with E-state index in [1.807, 2.05) is 61.5 Å². The Morgan fingerprint density at radius 1 is 1.13 bits per heavy atom. The summed E-state index contributed by atoms with van der Waals surface area (Å²) in [7, 11) is 0. The third-order valence-electron chi connectivity index (χ3n) is 4.69. The van der Waals surface area contributed by atoms with Gasteiger partial charge in [-0.3, -0.25) is 4.79 Å². The second kappa shape index (κ2) is 9.74. The second-order valence-corrected chi connectivity index (χ2v) is 9.99. The Hall–Kier alpha value is -2.20. The van der Waals surface area contributed by atoms with Crippen LogP contribution in [0, 0.1) is 3.95 Å². The molecule has 6 nitrogen and oxygen atoms in total. The van der Waals surface area contributed by atoms with Gasteiger partial charge >= 0.3 is 0 Å². The lowest BCUT2D eigenvalue weighted by atomic mass is 10.2. The highest BCUT2D eigenvalue weighted by molar-refractivity contribution is 8.02. The molecule has 0 radical (unpaired) electrons. The summed E-state index contributed by atoms with van der Waals surface area (Å²) in [6.07, 6.45) is 0. The highest BCUT2D eigenvalue weighted by Gasteiger charge is 2.18. The summed E-state index contributed by atoms with van der Waals surface area (Å²) in [6, 6.07) is 17.7. The van der Waals surface area contributed by atoms with Crippen molar-refractivity contribution in [1.29, 1.82) is 0 Å². The van der Waals surface area contributed by atoms with Gasteiger partial charge in [-0.15, -0.1) is 5.10 Å². The van der Waals surface area contributed by atoms with Gasteiger partial charge in [-0.25, -0.2) is 4.68 Å². The van der Waals surface area contributed by atoms with Gasteiger partial charge in [-0.05, 0) is 55.5 Å². The molecule has 9 heteroatoms. The Balaban J connectivity index is 1.37. The van der Waals surface area contributed by atoms with Gasteiger partial charge < -0.3 is 15.0 Å². The largest absolute Gasteiger partial charge is 0.378 e. The molecule has 0 saturated carbocycles. The quantitative estimate of drug-likeness (QED) is 0.430. The van der Waals surface area contributed by atoms with Crippen LogP contribution >= 0.6 is 35.3 Å². The third kappa shape index (κ3) is 5.10. The smallest absolute Gasteiger partial charge is 0.237 e. The minimum atomic E-state index is -0.298. The SMILES string of the molecule is CC(Sc1nn(-c2ccccc2)c(=S)s1)C(=O)Nc1ccc(N2CCOCC2)cc1. The fourth-order valence-electron chi connectivity index (χ4n) is 3.07. The maximum absolute atomic E-state index is 12.7. The number of hydrogen-bond donors (Lipinski definition) is 1. The first-order valence-electron chi connectivity index (χ1n) is 9.66. The zero-order valence-electron chi connectivity index (χ0n) is 16.5. The first kappa shape index (κ1) is 21.0. The number of morpholine rings is 1. The van der Waals surface area contributed by atoms with Crippen LogP contribution in [0.2, 0.25) is 0 Å². The fraction of sp³-hybridized carbons (Fsp3) is 0.286. The number of para-hydroxylation sites is 1. The molecule has 2 heterocycles. The summed E-state index contributed by atoms with van der Waals surface area (Å²) in [5, 5.41) is 7.26. The van der Waals surface area contributed by atoms with Crippen LogP contribution in [0.1, 0.15) is 6.92 Å². The molecule has 1 amide bonds. The molecule has 2 aromatic carbocycles. The first-order chi connectivity index (χ1) is 14.6. The van der Waals surface area contributed by atoms with Crippen molar-refractivity contribution in [1.82, 2.24) is 9.78 Å². The number of nitrogens with zero attached hydrogens (tertiary/aromatic N) is 3. The lowest BCUT2D eigenvalue weighted by molar-refractivity contribution is -0.115. The molecule has 1 N–H and O–H groups in total. The summed E-state index contributed by atoms with van der Waals surface area (Å²) < 4.78 is 8.56. The zero-order valence-corrected chi connectivity index (χ0v) is 18.9. The average Bonchev–Trinajstić information content (AvgIpc) is 3.15. The molecule has 1 atom stereocenters. The highest BCUT2D eigenvalue weighted by Crippen LogP contribution is 2.28. The van der Waals surface area contributed by atoms with E-state index in [1.54, 1.807) is 4.68 Å². The van der Waals surface area contributed by atoms with Crippen LogP contribution in [0.15, 0.2) is 58.9 Å². The van der Waals surface area contributed by atoms with E-state index in [4.69, 9.17) is 17.0 Å². The van der Waals surface area contributed by atoms with Crippen LogP contribution in [0.5, 0.6) is 0 Å². The molecule has 0 spiro atoms. The standard InChI is InChI=1S/C21H22N4O2S3/c1-15(29-20-23-25(21(28)30-20)18-5-3-2-4-6-18)19(26)22-16-7-9-17(10-8-16)24-11-13-27-14-12-24/h2-10,15H,11-14H2,1H3,(H,22,26). The summed E-state index contributed by atoms with van der Waals surface area (Å²) in [6.45, 7) is 5.15. The Bertz CT molecular complexity index is 1040. The Labute approximate surface area is 188 Å². The Morgan fingerprint density at radius 2 is 1.83 bits per heavy atom. The minimum absolute atomic E-state index is 0.0634. The van der Waals surface area contributed by atoms with Gasteiger partial charge in [0.15, 0.2) is 8.29 Å². The third-order valence-corrected chi connectivity index (χ3v) is 7.10. The van der Waals surface area contributed by atoms with E-state index in [0.717, 1.165) is 47.7 Å². The van der Waals surface area contributed by atoms with Crippen LogP contribution < -0.4 is 10.2 Å². The van der Waals surface area contributed by atoms with Gasteiger partial charge in [0.1, 0.15) is 0 Å². The highest BCUT2D eigenvalue weighted by atomic mass is 32.2. The lowest BCUT2D eigenvalue weighted by Gasteiger charge is -2.28. The van der Waals surface area contributed by atoms with E-state index in [2.05, 4.69) is 15.3 Å². The van der Waals surface area contributed by atoms with E-state index in [1.165, 1.54) is 23.1 Å². The summed E-state index contributed by atoms with van der Waals surface area (Å²) in [4.78, 5) is 14.9. The van der Waals surface area contributed by atoms with Gasteiger partial charge in [0.2, 0.25) is 5.91 Å². The van der Waals surface area contributed by atoms with Gasteiger partial charge in [-0.1, -0.05) is 41.3 Å². The number of amides is 1. The Kier molecular flexibility index (Phi) is 6.83. The number of hydrogen-bond acceptors (Lipinski definition) is 7. The number of nitrogens with one attached hydrogen (secondary N) is 1. The molecule has 4 rings (SSSR count).